The van der Waals surface area contributed by atoms with Crippen molar-refractivity contribution in [3.05, 3.63) is 89.8 Å². The number of urea groups is 1. The minimum Gasteiger partial charge on any atom is -0.750 e. The zero-order chi connectivity index (χ0) is 37.9. The van der Waals surface area contributed by atoms with Crippen LogP contribution < -0.4 is 30.7 Å². The Labute approximate surface area is 317 Å². The first kappa shape index (κ1) is 37.3. The van der Waals surface area contributed by atoms with Gasteiger partial charge in [-0.15, -0.1) is 10.2 Å². The van der Waals surface area contributed by atoms with Crippen LogP contribution in [0.5, 0.6) is 11.5 Å². The van der Waals surface area contributed by atoms with Crippen molar-refractivity contribution in [2.45, 2.75) is 83.4 Å². The first-order valence-corrected chi connectivity index (χ1v) is 19.4. The van der Waals surface area contributed by atoms with Crippen LogP contribution in [0, 0.1) is 5.41 Å². The lowest BCUT2D eigenvalue weighted by molar-refractivity contribution is 0.171. The number of anilines is 1. The standard InChI is InChI=1S/C39H48N8O6S/c1-38(2,3)33(40)24-34(41-26-9-8-10-27(23-26)51-21-22-52-54(49)50)43-36(48)42-31-14-15-32(30-12-5-4-11-29(30)31)53-28-13-16-35-44-45-37(46(35)25-28)47-20-7-6-17-39(47)18-19-39/h4-5,8-13,16,23-25,31-32H,6-7,14-15,17-22,40H2,1-3H3,(H,49,50)(H2,41,42,43,48)/p-1/t31-,32+/m0/s1. The van der Waals surface area contributed by atoms with E-state index in [1.165, 1.54) is 25.7 Å². The molecule has 2 fully saturated rings. The number of nitrogens with one attached hydrogen (secondary N) is 2. The summed E-state index contributed by atoms with van der Waals surface area (Å²) in [5.41, 5.74) is 10.1. The van der Waals surface area contributed by atoms with E-state index in [-0.39, 0.29) is 42.1 Å². The normalized spacial score (nSPS) is 20.3. The third-order valence-electron chi connectivity index (χ3n) is 10.3. The van der Waals surface area contributed by atoms with Gasteiger partial charge in [0.25, 0.3) is 0 Å². The van der Waals surface area contributed by atoms with Crippen molar-refractivity contribution in [3.63, 3.8) is 0 Å². The van der Waals surface area contributed by atoms with Crippen molar-refractivity contribution >= 4 is 40.5 Å². The number of aliphatic imine (C=N–C) groups is 1. The first-order chi connectivity index (χ1) is 26.0. The number of benzene rings is 2. The highest BCUT2D eigenvalue weighted by molar-refractivity contribution is 7.74. The zero-order valence-electron chi connectivity index (χ0n) is 30.8. The second kappa shape index (κ2) is 15.8. The van der Waals surface area contributed by atoms with Gasteiger partial charge in [-0.1, -0.05) is 51.1 Å². The van der Waals surface area contributed by atoms with Gasteiger partial charge in [-0.3, -0.25) is 13.9 Å². The number of ether oxygens (including phenoxy) is 2. The molecule has 7 rings (SSSR count). The van der Waals surface area contributed by atoms with Crippen LogP contribution in [0.3, 0.4) is 0 Å². The number of pyridine rings is 1. The number of hydrogen-bond donors (Lipinski definition) is 3. The van der Waals surface area contributed by atoms with Gasteiger partial charge in [0, 0.05) is 35.3 Å². The lowest BCUT2D eigenvalue weighted by Crippen LogP contribution is -2.42. The number of amides is 2. The SMILES string of the molecule is CC(C)(C)C(N)=CC(=Nc1cccc(OCCOS(=O)[O-])c1)NC(=O)N[C@H]1CC[C@@H](Oc2ccc3nnc(N4CCCCC45CC5)n3c2)c2ccccc21. The van der Waals surface area contributed by atoms with E-state index in [0.29, 0.717) is 30.0 Å². The summed E-state index contributed by atoms with van der Waals surface area (Å²) >= 11 is -2.61. The number of nitrogens with two attached hydrogens (primary N) is 1. The number of hydrogen-bond acceptors (Lipinski definition) is 11. The number of allylic oxidation sites excluding steroid dienone is 1. The number of piperidine rings is 1. The second-order valence-electron chi connectivity index (χ2n) is 15.1. The molecule has 1 spiro atoms. The molecule has 1 aliphatic heterocycles. The Bertz CT molecular complexity index is 2070. The van der Waals surface area contributed by atoms with Crippen LogP contribution in [0.2, 0.25) is 0 Å². The fourth-order valence-corrected chi connectivity index (χ4v) is 7.39. The summed E-state index contributed by atoms with van der Waals surface area (Å²) in [5.74, 6) is 2.32. The van der Waals surface area contributed by atoms with Gasteiger partial charge in [-0.2, -0.15) is 0 Å². The Morgan fingerprint density at radius 2 is 1.85 bits per heavy atom. The average Bonchev–Trinajstić information content (AvgIpc) is 3.78. The Morgan fingerprint density at radius 1 is 1.04 bits per heavy atom. The van der Waals surface area contributed by atoms with E-state index in [1.807, 2.05) is 57.3 Å². The zero-order valence-corrected chi connectivity index (χ0v) is 31.6. The van der Waals surface area contributed by atoms with E-state index < -0.39 is 17.4 Å². The van der Waals surface area contributed by atoms with E-state index in [4.69, 9.17) is 15.2 Å². The molecule has 2 aromatic heterocycles. The minimum atomic E-state index is -2.61. The van der Waals surface area contributed by atoms with Crippen molar-refractivity contribution in [1.29, 1.82) is 0 Å². The second-order valence-corrected chi connectivity index (χ2v) is 15.8. The molecule has 4 N–H and O–H groups in total. The minimum absolute atomic E-state index is 0.0257. The number of carbonyl (C=O) groups is 1. The third-order valence-corrected chi connectivity index (χ3v) is 10.6. The molecule has 3 atom stereocenters. The fourth-order valence-electron chi connectivity index (χ4n) is 7.19. The van der Waals surface area contributed by atoms with Crippen LogP contribution in [0.4, 0.5) is 16.4 Å². The summed E-state index contributed by atoms with van der Waals surface area (Å²) in [6, 6.07) is 18.1. The summed E-state index contributed by atoms with van der Waals surface area (Å²) < 4.78 is 40.1. The first-order valence-electron chi connectivity index (χ1n) is 18.4. The highest BCUT2D eigenvalue weighted by Gasteiger charge is 2.50. The number of carbonyl (C=O) groups excluding carboxylic acids is 1. The number of nitrogens with zero attached hydrogens (tertiary/aromatic N) is 5. The van der Waals surface area contributed by atoms with Crippen LogP contribution in [0.15, 0.2) is 83.6 Å². The van der Waals surface area contributed by atoms with Crippen LogP contribution >= 0.6 is 0 Å². The van der Waals surface area contributed by atoms with E-state index in [2.05, 4.69) is 45.4 Å². The van der Waals surface area contributed by atoms with E-state index in [9.17, 15) is 13.6 Å². The topological polar surface area (TPSA) is 181 Å². The average molecular weight is 756 g/mol. The van der Waals surface area contributed by atoms with Crippen molar-refractivity contribution in [3.8, 4) is 11.5 Å². The van der Waals surface area contributed by atoms with Crippen molar-refractivity contribution in [2.75, 3.05) is 24.7 Å². The summed E-state index contributed by atoms with van der Waals surface area (Å²) in [5, 5.41) is 15.1. The van der Waals surface area contributed by atoms with Gasteiger partial charge in [0.15, 0.2) is 5.65 Å². The molecule has 1 saturated heterocycles. The summed E-state index contributed by atoms with van der Waals surface area (Å²) in [4.78, 5) is 20.7. The van der Waals surface area contributed by atoms with Gasteiger partial charge < -0.3 is 30.0 Å². The number of rotatable bonds is 11. The lowest BCUT2D eigenvalue weighted by atomic mass is 9.85. The number of fused-ring (bicyclic) bond motifs is 2. The molecule has 2 aliphatic carbocycles. The summed E-state index contributed by atoms with van der Waals surface area (Å²) in [6.45, 7) is 6.81. The predicted molar refractivity (Wildman–Crippen MR) is 205 cm³/mol. The quantitative estimate of drug-likeness (QED) is 0.0679. The highest BCUT2D eigenvalue weighted by Crippen LogP contribution is 2.50. The maximum absolute atomic E-state index is 13.6. The monoisotopic (exact) mass is 755 g/mol. The fraction of sp³-hybridized carbons (Fsp3) is 0.436. The van der Waals surface area contributed by atoms with Gasteiger partial charge >= 0.3 is 6.03 Å². The van der Waals surface area contributed by atoms with Gasteiger partial charge in [0.1, 0.15) is 30.0 Å². The summed E-state index contributed by atoms with van der Waals surface area (Å²) in [6.07, 6.45) is 10.8. The molecule has 3 aliphatic rings. The van der Waals surface area contributed by atoms with Crippen molar-refractivity contribution in [2.24, 2.45) is 16.1 Å². The highest BCUT2D eigenvalue weighted by atomic mass is 32.2. The lowest BCUT2D eigenvalue weighted by Gasteiger charge is -2.36. The van der Waals surface area contributed by atoms with Gasteiger partial charge in [0.2, 0.25) is 5.95 Å². The summed E-state index contributed by atoms with van der Waals surface area (Å²) in [7, 11) is 0. The van der Waals surface area contributed by atoms with Gasteiger partial charge in [0.05, 0.1) is 35.9 Å². The maximum Gasteiger partial charge on any atom is 0.320 e. The third kappa shape index (κ3) is 8.69. The van der Waals surface area contributed by atoms with Crippen molar-refractivity contribution in [1.82, 2.24) is 25.2 Å². The molecule has 2 aromatic carbocycles. The molecular weight excluding hydrogens is 709 g/mol. The Hall–Kier alpha value is -4.99. The van der Waals surface area contributed by atoms with E-state index in [1.54, 1.807) is 30.3 Å². The van der Waals surface area contributed by atoms with Crippen LogP contribution in [0.25, 0.3) is 5.65 Å². The Balaban J connectivity index is 1.05. The number of amidine groups is 1. The smallest absolute Gasteiger partial charge is 0.320 e. The van der Waals surface area contributed by atoms with Crippen LogP contribution in [-0.4, -0.2) is 60.5 Å². The Kier molecular flexibility index (Phi) is 10.9. The molecule has 3 heterocycles. The molecular formula is C39H47N8O6S-. The predicted octanol–water partition coefficient (Wildman–Crippen LogP) is 6.31. The van der Waals surface area contributed by atoms with Crippen LogP contribution in [0.1, 0.15) is 89.0 Å². The van der Waals surface area contributed by atoms with Crippen LogP contribution in [-0.2, 0) is 15.5 Å². The molecule has 286 valence electrons. The van der Waals surface area contributed by atoms with Crippen molar-refractivity contribution < 1.29 is 27.2 Å². The van der Waals surface area contributed by atoms with E-state index >= 15 is 0 Å². The molecule has 15 heteroatoms. The molecule has 2 amide bonds. The largest absolute Gasteiger partial charge is 0.750 e. The van der Waals surface area contributed by atoms with Gasteiger partial charge in [-0.05, 0) is 80.3 Å². The molecule has 14 nitrogen and oxygen atoms in total. The Morgan fingerprint density at radius 3 is 2.63 bits per heavy atom. The molecule has 54 heavy (non-hydrogen) atoms. The molecule has 0 radical (unpaired) electrons. The molecule has 1 unspecified atom stereocenters. The van der Waals surface area contributed by atoms with E-state index in [0.717, 1.165) is 41.4 Å². The number of aromatic nitrogens is 3. The molecule has 0 bridgehead atoms. The molecule has 4 aromatic rings. The van der Waals surface area contributed by atoms with Gasteiger partial charge in [-0.25, -0.2) is 14.0 Å². The molecule has 1 saturated carbocycles. The maximum atomic E-state index is 13.6.